The third-order valence-corrected chi connectivity index (χ3v) is 6.26. The Hall–Kier alpha value is -3.31. The van der Waals surface area contributed by atoms with Gasteiger partial charge in [-0.2, -0.15) is 18.2 Å². The third kappa shape index (κ3) is 5.85. The maximum Gasteiger partial charge on any atom is 0.437 e. The topological polar surface area (TPSA) is 104 Å². The molecule has 2 fully saturated rings. The summed E-state index contributed by atoms with van der Waals surface area (Å²) in [6.07, 6.45) is 0.616. The van der Waals surface area contributed by atoms with Crippen molar-refractivity contribution in [2.75, 3.05) is 47.8 Å². The second kappa shape index (κ2) is 10.5. The van der Waals surface area contributed by atoms with Crippen LogP contribution in [-0.4, -0.2) is 54.5 Å². The van der Waals surface area contributed by atoms with Crippen molar-refractivity contribution in [1.82, 2.24) is 15.3 Å². The van der Waals surface area contributed by atoms with E-state index < -0.39 is 23.5 Å². The second-order valence-electron chi connectivity index (χ2n) is 8.73. The highest BCUT2D eigenvalue weighted by molar-refractivity contribution is 6.03. The molecular formula is C23H29F3N6O3. The first-order valence-corrected chi connectivity index (χ1v) is 11.9. The largest absolute Gasteiger partial charge is 0.437 e. The van der Waals surface area contributed by atoms with Crippen molar-refractivity contribution in [3.05, 3.63) is 29.8 Å². The summed E-state index contributed by atoms with van der Waals surface area (Å²) in [4.78, 5) is 36.3. The number of anilines is 3. The molecule has 4 rings (SSSR count). The van der Waals surface area contributed by atoms with Crippen LogP contribution in [0.4, 0.5) is 30.7 Å². The normalized spacial score (nSPS) is 17.4. The van der Waals surface area contributed by atoms with E-state index >= 15 is 0 Å². The summed E-state index contributed by atoms with van der Waals surface area (Å²) in [5, 5.41) is 5.27. The zero-order chi connectivity index (χ0) is 25.0. The van der Waals surface area contributed by atoms with Crippen LogP contribution >= 0.6 is 0 Å². The molecule has 2 N–H and O–H groups in total. The molecule has 2 saturated heterocycles. The van der Waals surface area contributed by atoms with Crippen LogP contribution in [0.25, 0.3) is 0 Å². The number of halogens is 3. The summed E-state index contributed by atoms with van der Waals surface area (Å²) >= 11 is 0. The molecule has 0 aliphatic carbocycles. The van der Waals surface area contributed by atoms with E-state index in [1.54, 1.807) is 17.0 Å². The molecule has 0 radical (unpaired) electrons. The van der Waals surface area contributed by atoms with Crippen molar-refractivity contribution in [1.29, 1.82) is 0 Å². The van der Waals surface area contributed by atoms with Crippen LogP contribution in [0.5, 0.6) is 0 Å². The van der Waals surface area contributed by atoms with Gasteiger partial charge in [0.05, 0.1) is 11.9 Å². The molecule has 0 unspecified atom stereocenters. The van der Waals surface area contributed by atoms with Crippen LogP contribution in [0, 0.1) is 5.92 Å². The smallest absolute Gasteiger partial charge is 0.417 e. The first-order valence-electron chi connectivity index (χ1n) is 11.9. The molecule has 2 amide bonds. The van der Waals surface area contributed by atoms with Crippen LogP contribution in [0.15, 0.2) is 22.7 Å². The van der Waals surface area contributed by atoms with Crippen LogP contribution < -0.4 is 20.4 Å². The fourth-order valence-corrected chi connectivity index (χ4v) is 4.40. The Morgan fingerprint density at radius 2 is 1.80 bits per heavy atom. The Morgan fingerprint density at radius 1 is 1.09 bits per heavy atom. The van der Waals surface area contributed by atoms with Crippen molar-refractivity contribution >= 4 is 29.3 Å². The summed E-state index contributed by atoms with van der Waals surface area (Å²) in [5.41, 5.74) is -1.10. The molecular weight excluding hydrogens is 465 g/mol. The summed E-state index contributed by atoms with van der Waals surface area (Å²) < 4.78 is 45.9. The van der Waals surface area contributed by atoms with Crippen LogP contribution in [0.1, 0.15) is 55.3 Å². The maximum atomic E-state index is 13.5. The van der Waals surface area contributed by atoms with Crippen molar-refractivity contribution in [2.24, 2.45) is 5.92 Å². The Bertz CT molecular complexity index is 1030. The summed E-state index contributed by atoms with van der Waals surface area (Å²) in [6.45, 7) is 4.87. The van der Waals surface area contributed by atoms with E-state index in [9.17, 15) is 22.8 Å². The van der Waals surface area contributed by atoms with E-state index in [1.807, 2.05) is 11.8 Å². The molecule has 0 spiro atoms. The Balaban J connectivity index is 1.41. The summed E-state index contributed by atoms with van der Waals surface area (Å²) in [6, 6.07) is 3.07. The average Bonchev–Trinajstić information content (AvgIpc) is 3.32. The van der Waals surface area contributed by atoms with Gasteiger partial charge in [0.2, 0.25) is 11.7 Å². The van der Waals surface area contributed by atoms with Crippen LogP contribution in [0.2, 0.25) is 0 Å². The standard InChI is InChI=1S/C23H29F3N6O3/c1-2-27-20(33)15-8-12-31(13-9-15)17-7-6-16(14-28-17)29-21(34)18-19(23(24,25)26)30-22(35-18)32-10-4-3-5-11-32/h6-7,14-15H,2-5,8-13H2,1H3,(H,27,33)(H,29,34). The van der Waals surface area contributed by atoms with Crippen LogP contribution in [0.3, 0.4) is 0 Å². The maximum absolute atomic E-state index is 13.5. The number of nitrogens with one attached hydrogen (secondary N) is 2. The number of pyridine rings is 1. The fourth-order valence-electron chi connectivity index (χ4n) is 4.40. The lowest BCUT2D eigenvalue weighted by Crippen LogP contribution is -2.40. The third-order valence-electron chi connectivity index (χ3n) is 6.26. The van der Waals surface area contributed by atoms with Gasteiger partial charge >= 0.3 is 6.18 Å². The first kappa shape index (κ1) is 24.8. The van der Waals surface area contributed by atoms with Gasteiger partial charge in [-0.1, -0.05) is 0 Å². The van der Waals surface area contributed by atoms with Crippen molar-refractivity contribution < 1.29 is 27.2 Å². The first-order chi connectivity index (χ1) is 16.8. The molecule has 4 heterocycles. The minimum Gasteiger partial charge on any atom is -0.417 e. The highest BCUT2D eigenvalue weighted by Crippen LogP contribution is 2.35. The molecule has 35 heavy (non-hydrogen) atoms. The molecule has 12 heteroatoms. The van der Waals surface area contributed by atoms with E-state index in [0.717, 1.165) is 19.3 Å². The fraction of sp³-hybridized carbons (Fsp3) is 0.565. The zero-order valence-corrected chi connectivity index (χ0v) is 19.5. The number of carbonyl (C=O) groups is 2. The van der Waals surface area contributed by atoms with Gasteiger partial charge < -0.3 is 24.9 Å². The number of nitrogens with zero attached hydrogens (tertiary/aromatic N) is 4. The number of alkyl halides is 3. The van der Waals surface area contributed by atoms with E-state index in [0.29, 0.717) is 51.4 Å². The van der Waals surface area contributed by atoms with Gasteiger partial charge in [-0.15, -0.1) is 0 Å². The van der Waals surface area contributed by atoms with Crippen molar-refractivity contribution in [3.8, 4) is 0 Å². The Labute approximate surface area is 201 Å². The van der Waals surface area contributed by atoms with Crippen LogP contribution in [-0.2, 0) is 11.0 Å². The number of rotatable bonds is 6. The number of hydrogen-bond acceptors (Lipinski definition) is 7. The quantitative estimate of drug-likeness (QED) is 0.631. The van der Waals surface area contributed by atoms with Gasteiger partial charge in [0.25, 0.3) is 11.9 Å². The number of carbonyl (C=O) groups excluding carboxylic acids is 2. The van der Waals surface area contributed by atoms with E-state index in [1.165, 1.54) is 6.20 Å². The lowest BCUT2D eigenvalue weighted by Gasteiger charge is -2.32. The monoisotopic (exact) mass is 494 g/mol. The van der Waals surface area contributed by atoms with E-state index in [-0.39, 0.29) is 23.5 Å². The molecule has 2 aliphatic heterocycles. The average molecular weight is 495 g/mol. The molecule has 190 valence electrons. The summed E-state index contributed by atoms with van der Waals surface area (Å²) in [5.74, 6) is -1.20. The van der Waals surface area contributed by atoms with Gasteiger partial charge in [-0.05, 0) is 51.2 Å². The second-order valence-corrected chi connectivity index (χ2v) is 8.73. The SMILES string of the molecule is CCNC(=O)C1CCN(c2ccc(NC(=O)c3oc(N4CCCCC4)nc3C(F)(F)F)cn2)CC1. The number of oxazole rings is 1. The van der Waals surface area contributed by atoms with Gasteiger partial charge in [0.1, 0.15) is 5.82 Å². The van der Waals surface area contributed by atoms with Gasteiger partial charge in [-0.3, -0.25) is 9.59 Å². The molecule has 0 bridgehead atoms. The highest BCUT2D eigenvalue weighted by Gasteiger charge is 2.42. The van der Waals surface area contributed by atoms with E-state index in [2.05, 4.69) is 20.6 Å². The lowest BCUT2D eigenvalue weighted by atomic mass is 9.96. The number of amides is 2. The molecule has 2 aromatic heterocycles. The minimum absolute atomic E-state index is 0.0238. The molecule has 0 aromatic carbocycles. The molecule has 2 aliphatic rings. The van der Waals surface area contributed by atoms with Crippen molar-refractivity contribution in [3.63, 3.8) is 0 Å². The molecule has 2 aromatic rings. The number of hydrogen-bond donors (Lipinski definition) is 2. The Morgan fingerprint density at radius 3 is 2.40 bits per heavy atom. The zero-order valence-electron chi connectivity index (χ0n) is 19.5. The number of piperidine rings is 2. The summed E-state index contributed by atoms with van der Waals surface area (Å²) in [7, 11) is 0. The molecule has 0 saturated carbocycles. The Kier molecular flexibility index (Phi) is 7.46. The minimum atomic E-state index is -4.83. The number of aromatic nitrogens is 2. The van der Waals surface area contributed by atoms with Gasteiger partial charge in [-0.25, -0.2) is 4.98 Å². The lowest BCUT2D eigenvalue weighted by molar-refractivity contribution is -0.141. The predicted molar refractivity (Wildman–Crippen MR) is 123 cm³/mol. The van der Waals surface area contributed by atoms with Crippen molar-refractivity contribution in [2.45, 2.75) is 45.2 Å². The van der Waals surface area contributed by atoms with Gasteiger partial charge in [0, 0.05) is 38.6 Å². The van der Waals surface area contributed by atoms with E-state index in [4.69, 9.17) is 4.42 Å². The predicted octanol–water partition coefficient (Wildman–Crippen LogP) is 3.68. The van der Waals surface area contributed by atoms with Gasteiger partial charge in [0.15, 0.2) is 5.69 Å². The molecule has 0 atom stereocenters. The highest BCUT2D eigenvalue weighted by atomic mass is 19.4. The molecule has 9 nitrogen and oxygen atoms in total.